The van der Waals surface area contributed by atoms with Gasteiger partial charge >= 0.3 is 0 Å². The molecule has 0 unspecified atom stereocenters. The number of nitrogens with one attached hydrogen (secondary N) is 3. The Balaban J connectivity index is 1.58. The predicted molar refractivity (Wildman–Crippen MR) is 121 cm³/mol. The molecule has 3 N–H and O–H groups in total. The number of hydrogen-bond donors (Lipinski definition) is 3. The highest BCUT2D eigenvalue weighted by Crippen LogP contribution is 2.28. The zero-order chi connectivity index (χ0) is 21.7. The highest BCUT2D eigenvalue weighted by molar-refractivity contribution is 8.01. The molecule has 8 nitrogen and oxygen atoms in total. The number of aromatic nitrogens is 2. The smallest absolute Gasteiger partial charge is 0.240 e. The van der Waals surface area contributed by atoms with Crippen molar-refractivity contribution in [1.82, 2.24) is 14.9 Å². The lowest BCUT2D eigenvalue weighted by molar-refractivity contribution is -0.113. The van der Waals surface area contributed by atoms with Crippen LogP contribution in [0.25, 0.3) is 0 Å². The van der Waals surface area contributed by atoms with Gasteiger partial charge in [-0.25, -0.2) is 13.1 Å². The normalized spacial score (nSPS) is 11.3. The van der Waals surface area contributed by atoms with Gasteiger partial charge < -0.3 is 10.6 Å². The third-order valence-electron chi connectivity index (χ3n) is 4.03. The average molecular weight is 464 g/mol. The molecule has 3 rings (SSSR count). The molecule has 11 heteroatoms. The van der Waals surface area contributed by atoms with E-state index < -0.39 is 10.0 Å². The quantitative estimate of drug-likeness (QED) is 0.438. The van der Waals surface area contributed by atoms with Crippen LogP contribution in [0.15, 0.2) is 51.7 Å². The van der Waals surface area contributed by atoms with Crippen LogP contribution in [0, 0.1) is 13.8 Å². The van der Waals surface area contributed by atoms with Crippen molar-refractivity contribution >= 4 is 55.5 Å². The predicted octanol–water partition coefficient (Wildman–Crippen LogP) is 3.54. The van der Waals surface area contributed by atoms with E-state index in [-0.39, 0.29) is 16.6 Å². The summed E-state index contributed by atoms with van der Waals surface area (Å²) in [6, 6.07) is 12.7. The zero-order valence-corrected chi connectivity index (χ0v) is 19.0. The highest BCUT2D eigenvalue weighted by Gasteiger charge is 2.16. The van der Waals surface area contributed by atoms with Crippen LogP contribution in [-0.2, 0) is 14.8 Å². The Hall–Kier alpha value is -2.47. The number of sulfonamides is 1. The SMILES string of the molecule is CNS(=O)(=O)c1cc(NC(=O)CSc2nnc(Nc3cccc(C)c3)s2)ccc1C. The molecule has 30 heavy (non-hydrogen) atoms. The molecule has 0 atom stereocenters. The fourth-order valence-corrected chi connectivity index (χ4v) is 5.13. The molecule has 0 saturated heterocycles. The van der Waals surface area contributed by atoms with E-state index in [4.69, 9.17) is 0 Å². The third kappa shape index (κ3) is 5.79. The summed E-state index contributed by atoms with van der Waals surface area (Å²) < 4.78 is 27.1. The molecule has 1 aromatic heterocycles. The Morgan fingerprint density at radius 3 is 2.63 bits per heavy atom. The number of thioether (sulfide) groups is 1. The Bertz CT molecular complexity index is 1160. The van der Waals surface area contributed by atoms with Gasteiger partial charge in [-0.1, -0.05) is 41.3 Å². The van der Waals surface area contributed by atoms with Crippen molar-refractivity contribution in [1.29, 1.82) is 0 Å². The molecule has 2 aromatic carbocycles. The minimum absolute atomic E-state index is 0.126. The Labute approximate surface area is 183 Å². The lowest BCUT2D eigenvalue weighted by atomic mass is 10.2. The lowest BCUT2D eigenvalue weighted by Gasteiger charge is -2.10. The second-order valence-electron chi connectivity index (χ2n) is 6.39. The van der Waals surface area contributed by atoms with Crippen molar-refractivity contribution in [3.8, 4) is 0 Å². The van der Waals surface area contributed by atoms with Crippen molar-refractivity contribution in [2.75, 3.05) is 23.4 Å². The maximum Gasteiger partial charge on any atom is 0.240 e. The van der Waals surface area contributed by atoms with Crippen LogP contribution in [0.5, 0.6) is 0 Å². The molecular formula is C19H21N5O3S3. The number of carbonyl (C=O) groups is 1. The highest BCUT2D eigenvalue weighted by atomic mass is 32.2. The molecule has 0 bridgehead atoms. The molecule has 158 valence electrons. The Kier molecular flexibility index (Phi) is 7.08. The molecule has 0 aliphatic heterocycles. The van der Waals surface area contributed by atoms with E-state index in [1.165, 1.54) is 36.2 Å². The molecule has 1 heterocycles. The van der Waals surface area contributed by atoms with Gasteiger partial charge in [-0.05, 0) is 56.3 Å². The number of benzene rings is 2. The van der Waals surface area contributed by atoms with Crippen LogP contribution in [0.1, 0.15) is 11.1 Å². The molecule has 0 saturated carbocycles. The Morgan fingerprint density at radius 2 is 1.90 bits per heavy atom. The summed E-state index contributed by atoms with van der Waals surface area (Å²) in [5.74, 6) is -0.138. The van der Waals surface area contributed by atoms with Gasteiger partial charge in [-0.15, -0.1) is 10.2 Å². The summed E-state index contributed by atoms with van der Waals surface area (Å²) in [4.78, 5) is 12.4. The zero-order valence-electron chi connectivity index (χ0n) is 16.6. The van der Waals surface area contributed by atoms with E-state index in [1.54, 1.807) is 19.1 Å². The van der Waals surface area contributed by atoms with Crippen LogP contribution < -0.4 is 15.4 Å². The van der Waals surface area contributed by atoms with Crippen LogP contribution in [-0.4, -0.2) is 37.3 Å². The van der Waals surface area contributed by atoms with Gasteiger partial charge in [0.15, 0.2) is 4.34 Å². The number of anilines is 3. The molecule has 3 aromatic rings. The first-order valence-electron chi connectivity index (χ1n) is 8.91. The monoisotopic (exact) mass is 463 g/mol. The summed E-state index contributed by atoms with van der Waals surface area (Å²) in [5.41, 5.74) is 3.07. The summed E-state index contributed by atoms with van der Waals surface area (Å²) >= 11 is 2.62. The maximum absolute atomic E-state index is 12.3. The summed E-state index contributed by atoms with van der Waals surface area (Å²) in [6.45, 7) is 3.71. The van der Waals surface area contributed by atoms with Crippen LogP contribution in [0.4, 0.5) is 16.5 Å². The van der Waals surface area contributed by atoms with Gasteiger partial charge in [-0.2, -0.15) is 0 Å². The summed E-state index contributed by atoms with van der Waals surface area (Å²) in [5, 5.41) is 14.7. The first kappa shape index (κ1) is 22.2. The largest absolute Gasteiger partial charge is 0.330 e. The van der Waals surface area contributed by atoms with E-state index in [0.717, 1.165) is 11.3 Å². The number of amides is 1. The van der Waals surface area contributed by atoms with Gasteiger partial charge in [0.05, 0.1) is 10.6 Å². The van der Waals surface area contributed by atoms with Gasteiger partial charge in [0, 0.05) is 11.4 Å². The second kappa shape index (κ2) is 9.56. The van der Waals surface area contributed by atoms with E-state index in [1.807, 2.05) is 31.2 Å². The Morgan fingerprint density at radius 1 is 1.10 bits per heavy atom. The number of aryl methyl sites for hydroxylation is 2. The molecule has 0 fully saturated rings. The van der Waals surface area contributed by atoms with Crippen molar-refractivity contribution in [2.45, 2.75) is 23.1 Å². The lowest BCUT2D eigenvalue weighted by Crippen LogP contribution is -2.20. The fraction of sp³-hybridized carbons (Fsp3) is 0.211. The van der Waals surface area contributed by atoms with E-state index in [9.17, 15) is 13.2 Å². The van der Waals surface area contributed by atoms with Crippen LogP contribution in [0.2, 0.25) is 0 Å². The minimum Gasteiger partial charge on any atom is -0.330 e. The van der Waals surface area contributed by atoms with E-state index >= 15 is 0 Å². The number of nitrogens with zero attached hydrogens (tertiary/aromatic N) is 2. The molecule has 1 amide bonds. The topological polar surface area (TPSA) is 113 Å². The molecule has 0 radical (unpaired) electrons. The van der Waals surface area contributed by atoms with Gasteiger partial charge in [0.1, 0.15) is 0 Å². The molecule has 0 aliphatic rings. The average Bonchev–Trinajstić information content (AvgIpc) is 3.15. The van der Waals surface area contributed by atoms with E-state index in [0.29, 0.717) is 20.7 Å². The standard InChI is InChI=1S/C19H21N5O3S3/c1-12-5-4-6-14(9-12)22-18-23-24-19(29-18)28-11-17(25)21-15-8-7-13(2)16(10-15)30(26,27)20-3/h4-10,20H,11H2,1-3H3,(H,21,25)(H,22,23). The molecule has 0 aliphatic carbocycles. The number of rotatable bonds is 8. The fourth-order valence-electron chi connectivity index (χ4n) is 2.57. The van der Waals surface area contributed by atoms with Gasteiger partial charge in [0.2, 0.25) is 21.1 Å². The van der Waals surface area contributed by atoms with Crippen molar-refractivity contribution in [3.63, 3.8) is 0 Å². The summed E-state index contributed by atoms with van der Waals surface area (Å²) in [6.07, 6.45) is 0. The van der Waals surface area contributed by atoms with E-state index in [2.05, 4.69) is 25.6 Å². The third-order valence-corrected chi connectivity index (χ3v) is 7.56. The number of hydrogen-bond acceptors (Lipinski definition) is 8. The van der Waals surface area contributed by atoms with Gasteiger partial charge in [0.25, 0.3) is 0 Å². The van der Waals surface area contributed by atoms with Gasteiger partial charge in [-0.3, -0.25) is 4.79 Å². The second-order valence-corrected chi connectivity index (χ2v) is 10.4. The minimum atomic E-state index is -3.60. The number of carbonyl (C=O) groups excluding carboxylic acids is 1. The van der Waals surface area contributed by atoms with Crippen LogP contribution >= 0.6 is 23.1 Å². The maximum atomic E-state index is 12.3. The summed E-state index contributed by atoms with van der Waals surface area (Å²) in [7, 11) is -2.25. The first-order chi connectivity index (χ1) is 14.3. The van der Waals surface area contributed by atoms with Crippen LogP contribution in [0.3, 0.4) is 0 Å². The molecule has 0 spiro atoms. The van der Waals surface area contributed by atoms with Crippen molar-refractivity contribution in [3.05, 3.63) is 53.6 Å². The first-order valence-corrected chi connectivity index (χ1v) is 12.2. The molecular weight excluding hydrogens is 442 g/mol. The van der Waals surface area contributed by atoms with Crippen molar-refractivity contribution < 1.29 is 13.2 Å². The van der Waals surface area contributed by atoms with Crippen molar-refractivity contribution in [2.24, 2.45) is 0 Å².